The van der Waals surface area contributed by atoms with Crippen LogP contribution in [0.3, 0.4) is 0 Å². The minimum atomic E-state index is -0.861. The van der Waals surface area contributed by atoms with Gasteiger partial charge in [-0.3, -0.25) is 4.79 Å². The van der Waals surface area contributed by atoms with Crippen molar-refractivity contribution in [3.8, 4) is 5.88 Å². The molecule has 2 rings (SSSR count). The molecule has 7 nitrogen and oxygen atoms in total. The van der Waals surface area contributed by atoms with Crippen LogP contribution in [0.1, 0.15) is 20.3 Å². The standard InChI is InChI=1S/C14H19N3O4/c1-3-21-12-5-4-10(8-15-12)16-14(20)17-7-6-11(9(17)2)13(18)19/h4-5,8-9,11H,3,6-7H2,1-2H3,(H,16,20)(H,18,19). The predicted octanol–water partition coefficient (Wildman–Crippen LogP) is 1.81. The molecule has 0 saturated carbocycles. The van der Waals surface area contributed by atoms with Gasteiger partial charge in [-0.15, -0.1) is 0 Å². The zero-order valence-electron chi connectivity index (χ0n) is 12.1. The quantitative estimate of drug-likeness (QED) is 0.883. The molecular weight excluding hydrogens is 274 g/mol. The fourth-order valence-corrected chi connectivity index (χ4v) is 2.44. The second-order valence-electron chi connectivity index (χ2n) is 4.92. The molecule has 0 aromatic carbocycles. The Morgan fingerprint density at radius 1 is 1.52 bits per heavy atom. The number of carboxylic acid groups (broad SMARTS) is 1. The van der Waals surface area contributed by atoms with Crippen LogP contribution in [-0.4, -0.2) is 46.2 Å². The molecular formula is C14H19N3O4. The van der Waals surface area contributed by atoms with Crippen molar-refractivity contribution in [3.05, 3.63) is 18.3 Å². The first-order valence-electron chi connectivity index (χ1n) is 6.92. The van der Waals surface area contributed by atoms with Crippen molar-refractivity contribution in [2.45, 2.75) is 26.3 Å². The first kappa shape index (κ1) is 15.1. The van der Waals surface area contributed by atoms with E-state index in [4.69, 9.17) is 9.84 Å². The smallest absolute Gasteiger partial charge is 0.322 e. The monoisotopic (exact) mass is 293 g/mol. The van der Waals surface area contributed by atoms with Crippen molar-refractivity contribution in [2.24, 2.45) is 5.92 Å². The van der Waals surface area contributed by atoms with E-state index in [2.05, 4.69) is 10.3 Å². The average molecular weight is 293 g/mol. The third kappa shape index (κ3) is 3.42. The topological polar surface area (TPSA) is 91.8 Å². The zero-order valence-corrected chi connectivity index (χ0v) is 12.1. The van der Waals surface area contributed by atoms with Gasteiger partial charge < -0.3 is 20.1 Å². The van der Waals surface area contributed by atoms with Crippen molar-refractivity contribution in [3.63, 3.8) is 0 Å². The number of ether oxygens (including phenoxy) is 1. The maximum absolute atomic E-state index is 12.2. The van der Waals surface area contributed by atoms with Gasteiger partial charge in [0.25, 0.3) is 0 Å². The number of carbonyl (C=O) groups excluding carboxylic acids is 1. The van der Waals surface area contributed by atoms with Crippen LogP contribution in [0.5, 0.6) is 5.88 Å². The molecule has 2 unspecified atom stereocenters. The Bertz CT molecular complexity index is 517. The summed E-state index contributed by atoms with van der Waals surface area (Å²) >= 11 is 0. The average Bonchev–Trinajstić information content (AvgIpc) is 2.83. The summed E-state index contributed by atoms with van der Waals surface area (Å²) < 4.78 is 5.22. The van der Waals surface area contributed by atoms with Crippen LogP contribution in [0.25, 0.3) is 0 Å². The number of carboxylic acids is 1. The molecule has 1 saturated heterocycles. The number of urea groups is 1. The molecule has 2 N–H and O–H groups in total. The summed E-state index contributed by atoms with van der Waals surface area (Å²) in [6.45, 7) is 4.59. The molecule has 0 spiro atoms. The van der Waals surface area contributed by atoms with E-state index in [1.54, 1.807) is 19.1 Å². The van der Waals surface area contributed by atoms with Gasteiger partial charge in [0.15, 0.2) is 0 Å². The number of hydrogen-bond acceptors (Lipinski definition) is 4. The number of nitrogens with one attached hydrogen (secondary N) is 1. The van der Waals surface area contributed by atoms with Crippen LogP contribution < -0.4 is 10.1 Å². The Hall–Kier alpha value is -2.31. The second-order valence-corrected chi connectivity index (χ2v) is 4.92. The fourth-order valence-electron chi connectivity index (χ4n) is 2.44. The summed E-state index contributed by atoms with van der Waals surface area (Å²) in [5.41, 5.74) is 0.550. The van der Waals surface area contributed by atoms with E-state index in [1.807, 2.05) is 6.92 Å². The number of amides is 2. The Kier molecular flexibility index (Phi) is 4.62. The Morgan fingerprint density at radius 2 is 2.29 bits per heavy atom. The molecule has 1 fully saturated rings. The molecule has 1 aliphatic heterocycles. The van der Waals surface area contributed by atoms with Crippen molar-refractivity contribution >= 4 is 17.7 Å². The first-order valence-corrected chi connectivity index (χ1v) is 6.92. The van der Waals surface area contributed by atoms with Gasteiger partial charge in [-0.05, 0) is 26.3 Å². The van der Waals surface area contributed by atoms with Crippen LogP contribution in [0, 0.1) is 5.92 Å². The summed E-state index contributed by atoms with van der Waals surface area (Å²) in [7, 11) is 0. The lowest BCUT2D eigenvalue weighted by Crippen LogP contribution is -2.40. The van der Waals surface area contributed by atoms with E-state index in [0.717, 1.165) is 0 Å². The van der Waals surface area contributed by atoms with Gasteiger partial charge in [0, 0.05) is 18.7 Å². The van der Waals surface area contributed by atoms with E-state index in [1.165, 1.54) is 11.1 Å². The Labute approximate surface area is 122 Å². The summed E-state index contributed by atoms with van der Waals surface area (Å²) in [6.07, 6.45) is 1.99. The highest BCUT2D eigenvalue weighted by molar-refractivity contribution is 5.90. The minimum Gasteiger partial charge on any atom is -0.481 e. The molecule has 1 aromatic heterocycles. The van der Waals surface area contributed by atoms with Gasteiger partial charge in [-0.2, -0.15) is 0 Å². The number of carbonyl (C=O) groups is 2. The number of hydrogen-bond donors (Lipinski definition) is 2. The summed E-state index contributed by atoms with van der Waals surface area (Å²) in [6, 6.07) is 2.74. The van der Waals surface area contributed by atoms with Crippen molar-refractivity contribution in [1.29, 1.82) is 0 Å². The van der Waals surface area contributed by atoms with E-state index >= 15 is 0 Å². The number of nitrogens with zero attached hydrogens (tertiary/aromatic N) is 2. The van der Waals surface area contributed by atoms with Crippen molar-refractivity contribution < 1.29 is 19.4 Å². The third-order valence-corrected chi connectivity index (χ3v) is 3.61. The molecule has 1 aliphatic rings. The molecule has 0 bridgehead atoms. The van der Waals surface area contributed by atoms with Gasteiger partial charge in [-0.1, -0.05) is 0 Å². The normalized spacial score (nSPS) is 21.1. The second kappa shape index (κ2) is 6.43. The van der Waals surface area contributed by atoms with Crippen LogP contribution in [-0.2, 0) is 4.79 Å². The molecule has 0 aliphatic carbocycles. The van der Waals surface area contributed by atoms with E-state index in [0.29, 0.717) is 31.1 Å². The fraction of sp³-hybridized carbons (Fsp3) is 0.500. The molecule has 2 amide bonds. The lowest BCUT2D eigenvalue weighted by Gasteiger charge is -2.23. The highest BCUT2D eigenvalue weighted by Crippen LogP contribution is 2.25. The molecule has 2 heterocycles. The molecule has 2 atom stereocenters. The maximum Gasteiger partial charge on any atom is 0.322 e. The number of anilines is 1. The predicted molar refractivity (Wildman–Crippen MR) is 76.3 cm³/mol. The third-order valence-electron chi connectivity index (χ3n) is 3.61. The largest absolute Gasteiger partial charge is 0.481 e. The lowest BCUT2D eigenvalue weighted by atomic mass is 10.0. The van der Waals surface area contributed by atoms with Gasteiger partial charge in [0.1, 0.15) is 0 Å². The highest BCUT2D eigenvalue weighted by Gasteiger charge is 2.38. The van der Waals surface area contributed by atoms with Gasteiger partial charge >= 0.3 is 12.0 Å². The first-order chi connectivity index (χ1) is 10.0. The van der Waals surface area contributed by atoms with Crippen LogP contribution in [0.15, 0.2) is 18.3 Å². The van der Waals surface area contributed by atoms with E-state index < -0.39 is 11.9 Å². The molecule has 7 heteroatoms. The summed E-state index contributed by atoms with van der Waals surface area (Å²) in [5, 5.41) is 11.8. The van der Waals surface area contributed by atoms with Crippen LogP contribution in [0.2, 0.25) is 0 Å². The lowest BCUT2D eigenvalue weighted by molar-refractivity contribution is -0.142. The van der Waals surface area contributed by atoms with Gasteiger partial charge in [0.05, 0.1) is 24.4 Å². The maximum atomic E-state index is 12.2. The van der Waals surface area contributed by atoms with E-state index in [9.17, 15) is 9.59 Å². The molecule has 0 radical (unpaired) electrons. The number of aliphatic carboxylic acids is 1. The summed E-state index contributed by atoms with van der Waals surface area (Å²) in [5.74, 6) is -0.870. The van der Waals surface area contributed by atoms with Crippen LogP contribution >= 0.6 is 0 Å². The number of pyridine rings is 1. The molecule has 114 valence electrons. The van der Waals surface area contributed by atoms with Crippen molar-refractivity contribution in [2.75, 3.05) is 18.5 Å². The zero-order chi connectivity index (χ0) is 15.4. The number of rotatable bonds is 4. The van der Waals surface area contributed by atoms with Gasteiger partial charge in [-0.25, -0.2) is 9.78 Å². The number of likely N-dealkylation sites (tertiary alicyclic amines) is 1. The Morgan fingerprint density at radius 3 is 2.81 bits per heavy atom. The van der Waals surface area contributed by atoms with Crippen molar-refractivity contribution in [1.82, 2.24) is 9.88 Å². The summed E-state index contributed by atoms with van der Waals surface area (Å²) in [4.78, 5) is 28.8. The minimum absolute atomic E-state index is 0.308. The molecule has 1 aromatic rings. The SMILES string of the molecule is CCOc1ccc(NC(=O)N2CCC(C(=O)O)C2C)cn1. The Balaban J connectivity index is 1.97. The van der Waals surface area contributed by atoms with Crippen LogP contribution in [0.4, 0.5) is 10.5 Å². The number of aromatic nitrogens is 1. The highest BCUT2D eigenvalue weighted by atomic mass is 16.5. The van der Waals surface area contributed by atoms with Gasteiger partial charge in [0.2, 0.25) is 5.88 Å². The van der Waals surface area contributed by atoms with E-state index in [-0.39, 0.29) is 12.1 Å². The molecule has 21 heavy (non-hydrogen) atoms.